The summed E-state index contributed by atoms with van der Waals surface area (Å²) >= 11 is 0. The maximum absolute atomic E-state index is 14.3. The van der Waals surface area contributed by atoms with Gasteiger partial charge in [-0.25, -0.2) is 9.59 Å². The Hall–Kier alpha value is -4.32. The molecule has 9 heteroatoms. The number of nitrogens with one attached hydrogen (secondary N) is 2. The Labute approximate surface area is 281 Å². The van der Waals surface area contributed by atoms with E-state index in [1.165, 1.54) is 4.90 Å². The fraction of sp³-hybridized carbons (Fsp3) is 0.526. The summed E-state index contributed by atoms with van der Waals surface area (Å²) in [5.74, 6) is 0.966. The molecule has 2 aromatic carbocycles. The Morgan fingerprint density at radius 2 is 1.43 bits per heavy atom. The van der Waals surface area contributed by atoms with Crippen LogP contribution in [0.5, 0.6) is 0 Å². The van der Waals surface area contributed by atoms with Crippen LogP contribution in [0.25, 0.3) is 0 Å². The smallest absolute Gasteiger partial charge is 0.408 e. The number of alkyl carbamates (subject to hydrolysis) is 1. The number of esters is 1. The first kappa shape index (κ1) is 38.9. The fourth-order valence-corrected chi connectivity index (χ4v) is 4.92. The maximum Gasteiger partial charge on any atom is 0.408 e. The first-order valence-corrected chi connectivity index (χ1v) is 16.5. The molecule has 0 bridgehead atoms. The van der Waals surface area contributed by atoms with Crippen molar-refractivity contribution < 1.29 is 28.7 Å². The van der Waals surface area contributed by atoms with Gasteiger partial charge in [0, 0.05) is 18.5 Å². The fourth-order valence-electron chi connectivity index (χ4n) is 4.92. The molecule has 9 nitrogen and oxygen atoms in total. The quantitative estimate of drug-likeness (QED) is 0.122. The molecule has 0 spiro atoms. The highest BCUT2D eigenvalue weighted by molar-refractivity contribution is 5.93. The number of nitrogens with zero attached hydrogens (tertiary/aromatic N) is 1. The van der Waals surface area contributed by atoms with Crippen molar-refractivity contribution in [2.75, 3.05) is 13.1 Å². The number of carbonyl (C=O) groups excluding carboxylic acids is 4. The van der Waals surface area contributed by atoms with Gasteiger partial charge in [0.25, 0.3) is 0 Å². The summed E-state index contributed by atoms with van der Waals surface area (Å²) in [7, 11) is 0. The molecule has 0 aliphatic carbocycles. The molecule has 0 aliphatic rings. The third-order valence-corrected chi connectivity index (χ3v) is 7.10. The van der Waals surface area contributed by atoms with Crippen molar-refractivity contribution in [1.82, 2.24) is 15.5 Å². The maximum atomic E-state index is 14.3. The van der Waals surface area contributed by atoms with Crippen LogP contribution in [0.3, 0.4) is 0 Å². The Kier molecular flexibility index (Phi) is 15.5. The molecule has 47 heavy (non-hydrogen) atoms. The van der Waals surface area contributed by atoms with Crippen LogP contribution in [0, 0.1) is 12.3 Å². The SMILES string of the molecule is C#Cc1ccc(C(C(=O)NC(Cc2ccccc2)C(=O)OC(C)(C)C)N(CCCCCCCC)C(=O)CNC(=O)OC(C)(C)C)cc1. The highest BCUT2D eigenvalue weighted by atomic mass is 16.6. The van der Waals surface area contributed by atoms with Gasteiger partial charge in [0.05, 0.1) is 0 Å². The Morgan fingerprint density at radius 1 is 0.830 bits per heavy atom. The van der Waals surface area contributed by atoms with Crippen molar-refractivity contribution in [3.05, 3.63) is 71.3 Å². The molecule has 0 radical (unpaired) electrons. The second-order valence-corrected chi connectivity index (χ2v) is 13.7. The predicted octanol–water partition coefficient (Wildman–Crippen LogP) is 6.49. The van der Waals surface area contributed by atoms with E-state index in [1.807, 2.05) is 30.3 Å². The number of benzene rings is 2. The van der Waals surface area contributed by atoms with Gasteiger partial charge in [0.2, 0.25) is 11.8 Å². The van der Waals surface area contributed by atoms with Crippen molar-refractivity contribution in [2.24, 2.45) is 0 Å². The highest BCUT2D eigenvalue weighted by Crippen LogP contribution is 2.24. The number of amides is 3. The molecule has 2 aromatic rings. The average Bonchev–Trinajstić information content (AvgIpc) is 2.99. The lowest BCUT2D eigenvalue weighted by molar-refractivity contribution is -0.159. The molecule has 0 heterocycles. The molecule has 0 aromatic heterocycles. The third kappa shape index (κ3) is 14.8. The normalized spacial score (nSPS) is 12.6. The third-order valence-electron chi connectivity index (χ3n) is 7.10. The van der Waals surface area contributed by atoms with Crippen LogP contribution < -0.4 is 10.6 Å². The van der Waals surface area contributed by atoms with E-state index in [2.05, 4.69) is 23.5 Å². The van der Waals surface area contributed by atoms with E-state index in [0.717, 1.165) is 37.7 Å². The van der Waals surface area contributed by atoms with Crippen molar-refractivity contribution in [3.63, 3.8) is 0 Å². The second kappa shape index (κ2) is 18.7. The van der Waals surface area contributed by atoms with Crippen LogP contribution in [-0.2, 0) is 30.3 Å². The molecule has 3 amide bonds. The summed E-state index contributed by atoms with van der Waals surface area (Å²) in [5.41, 5.74) is 0.431. The lowest BCUT2D eigenvalue weighted by Gasteiger charge is -2.33. The standard InChI is InChI=1S/C38H53N3O6/c1-9-11-12-13-14-18-25-41(32(42)27-39-36(45)47-38(6,7)8)33(30-23-21-28(10-2)22-24-30)34(43)40-31(35(44)46-37(3,4)5)26-29-19-16-15-17-20-29/h2,15-17,19-24,31,33H,9,11-14,18,25-27H2,1,3-8H3,(H,39,45)(H,40,43). The van der Waals surface area contributed by atoms with E-state index in [-0.39, 0.29) is 19.5 Å². The number of terminal acetylenes is 1. The minimum absolute atomic E-state index is 0.190. The molecule has 2 unspecified atom stereocenters. The molecule has 2 N–H and O–H groups in total. The van der Waals surface area contributed by atoms with Gasteiger partial charge < -0.3 is 25.0 Å². The molecular formula is C38H53N3O6. The summed E-state index contributed by atoms with van der Waals surface area (Å²) in [5, 5.41) is 5.44. The van der Waals surface area contributed by atoms with Gasteiger partial charge in [0.15, 0.2) is 0 Å². The van der Waals surface area contributed by atoms with Crippen LogP contribution in [0.1, 0.15) is 110 Å². The van der Waals surface area contributed by atoms with E-state index >= 15 is 0 Å². The zero-order valence-corrected chi connectivity index (χ0v) is 29.2. The van der Waals surface area contributed by atoms with E-state index < -0.39 is 47.2 Å². The molecule has 2 rings (SSSR count). The first-order valence-electron chi connectivity index (χ1n) is 16.5. The van der Waals surface area contributed by atoms with Gasteiger partial charge in [-0.05, 0) is 71.2 Å². The predicted molar refractivity (Wildman–Crippen MR) is 184 cm³/mol. The number of unbranched alkanes of at least 4 members (excludes halogenated alkanes) is 5. The van der Waals surface area contributed by atoms with Crippen molar-refractivity contribution in [2.45, 2.75) is 117 Å². The number of rotatable bonds is 16. The van der Waals surface area contributed by atoms with Crippen LogP contribution >= 0.6 is 0 Å². The van der Waals surface area contributed by atoms with E-state index in [9.17, 15) is 19.2 Å². The van der Waals surface area contributed by atoms with Gasteiger partial charge in [-0.15, -0.1) is 6.42 Å². The molecule has 0 fully saturated rings. The molecule has 0 saturated heterocycles. The highest BCUT2D eigenvalue weighted by Gasteiger charge is 2.35. The van der Waals surface area contributed by atoms with Crippen LogP contribution in [0.15, 0.2) is 54.6 Å². The molecule has 0 aliphatic heterocycles. The summed E-state index contributed by atoms with van der Waals surface area (Å²) in [6.07, 6.45) is 10.9. The monoisotopic (exact) mass is 647 g/mol. The summed E-state index contributed by atoms with van der Waals surface area (Å²) in [6.45, 7) is 12.5. The first-order chi connectivity index (χ1) is 22.1. The van der Waals surface area contributed by atoms with E-state index in [1.54, 1.807) is 65.8 Å². The van der Waals surface area contributed by atoms with Gasteiger partial charge in [-0.3, -0.25) is 9.59 Å². The molecule has 2 atom stereocenters. The average molecular weight is 648 g/mol. The van der Waals surface area contributed by atoms with Crippen LogP contribution in [-0.4, -0.2) is 59.1 Å². The van der Waals surface area contributed by atoms with Gasteiger partial charge in [-0.1, -0.05) is 87.4 Å². The number of hydrogen-bond acceptors (Lipinski definition) is 6. The van der Waals surface area contributed by atoms with Crippen molar-refractivity contribution in [3.8, 4) is 12.3 Å². The van der Waals surface area contributed by atoms with E-state index in [4.69, 9.17) is 15.9 Å². The van der Waals surface area contributed by atoms with Gasteiger partial charge >= 0.3 is 12.1 Å². The lowest BCUT2D eigenvalue weighted by atomic mass is 10.00. The topological polar surface area (TPSA) is 114 Å². The zero-order valence-electron chi connectivity index (χ0n) is 29.2. The van der Waals surface area contributed by atoms with Gasteiger partial charge in [0.1, 0.15) is 29.8 Å². The Morgan fingerprint density at radius 3 is 2.00 bits per heavy atom. The molecule has 256 valence electrons. The van der Waals surface area contributed by atoms with Crippen LogP contribution in [0.4, 0.5) is 4.79 Å². The van der Waals surface area contributed by atoms with Crippen molar-refractivity contribution >= 4 is 23.9 Å². The Bertz CT molecular complexity index is 1340. The van der Waals surface area contributed by atoms with E-state index in [0.29, 0.717) is 17.5 Å². The van der Waals surface area contributed by atoms with Crippen LogP contribution in [0.2, 0.25) is 0 Å². The largest absolute Gasteiger partial charge is 0.458 e. The van der Waals surface area contributed by atoms with Crippen molar-refractivity contribution in [1.29, 1.82) is 0 Å². The number of carbonyl (C=O) groups is 4. The summed E-state index contributed by atoms with van der Waals surface area (Å²) in [6, 6.07) is 14.0. The zero-order chi connectivity index (χ0) is 35.0. The minimum Gasteiger partial charge on any atom is -0.458 e. The minimum atomic E-state index is -1.12. The lowest BCUT2D eigenvalue weighted by Crippen LogP contribution is -2.52. The second-order valence-electron chi connectivity index (χ2n) is 13.7. The summed E-state index contributed by atoms with van der Waals surface area (Å²) in [4.78, 5) is 55.6. The summed E-state index contributed by atoms with van der Waals surface area (Å²) < 4.78 is 11.0. The van der Waals surface area contributed by atoms with Gasteiger partial charge in [-0.2, -0.15) is 0 Å². The number of hydrogen-bond donors (Lipinski definition) is 2. The Balaban J connectivity index is 2.49. The molecular weight excluding hydrogens is 594 g/mol. The molecule has 0 saturated carbocycles. The number of ether oxygens (including phenoxy) is 2.